The minimum Gasteiger partial charge on any atom is -0.383 e. The lowest BCUT2D eigenvalue weighted by molar-refractivity contribution is 0.957. The summed E-state index contributed by atoms with van der Waals surface area (Å²) in [5.74, 6) is 1.79. The zero-order valence-electron chi connectivity index (χ0n) is 6.75. The van der Waals surface area contributed by atoms with E-state index in [1.165, 1.54) is 0 Å². The molecule has 0 spiro atoms. The predicted molar refractivity (Wildman–Crippen MR) is 52.4 cm³/mol. The van der Waals surface area contributed by atoms with Crippen molar-refractivity contribution in [3.8, 4) is 0 Å². The first-order valence-electron chi connectivity index (χ1n) is 3.58. The molecule has 0 fully saturated rings. The first kappa shape index (κ1) is 9.61. The standard InChI is InChI=1S/C7H10ClN3S/c1-2-12-7-10-4-5(3-8)6(9)11-7/h4H,2-3H2,1H3,(H2,9,10,11). The molecular formula is C7H10ClN3S. The van der Waals surface area contributed by atoms with Gasteiger partial charge in [0.1, 0.15) is 5.82 Å². The largest absolute Gasteiger partial charge is 0.383 e. The summed E-state index contributed by atoms with van der Waals surface area (Å²) >= 11 is 7.16. The fraction of sp³-hybridized carbons (Fsp3) is 0.429. The number of thioether (sulfide) groups is 1. The Bertz CT molecular complexity index is 267. The van der Waals surface area contributed by atoms with Crippen LogP contribution in [0.4, 0.5) is 5.82 Å². The summed E-state index contributed by atoms with van der Waals surface area (Å²) in [6.07, 6.45) is 1.67. The fourth-order valence-corrected chi connectivity index (χ4v) is 1.46. The van der Waals surface area contributed by atoms with Gasteiger partial charge in [-0.25, -0.2) is 9.97 Å². The van der Waals surface area contributed by atoms with E-state index in [9.17, 15) is 0 Å². The first-order chi connectivity index (χ1) is 5.77. The molecule has 1 rings (SSSR count). The Labute approximate surface area is 80.7 Å². The summed E-state index contributed by atoms with van der Waals surface area (Å²) in [4.78, 5) is 8.17. The number of nitrogens with two attached hydrogens (primary N) is 1. The van der Waals surface area contributed by atoms with Gasteiger partial charge in [0.05, 0.1) is 5.88 Å². The Balaban J connectivity index is 2.86. The van der Waals surface area contributed by atoms with Crippen molar-refractivity contribution in [3.05, 3.63) is 11.8 Å². The van der Waals surface area contributed by atoms with Crippen molar-refractivity contribution in [1.82, 2.24) is 9.97 Å². The van der Waals surface area contributed by atoms with Crippen molar-refractivity contribution in [2.75, 3.05) is 11.5 Å². The fourth-order valence-electron chi connectivity index (χ4n) is 0.705. The van der Waals surface area contributed by atoms with Crippen LogP contribution in [0.3, 0.4) is 0 Å². The topological polar surface area (TPSA) is 51.8 Å². The molecule has 0 atom stereocenters. The molecule has 0 aromatic carbocycles. The van der Waals surface area contributed by atoms with Gasteiger partial charge in [0.25, 0.3) is 0 Å². The van der Waals surface area contributed by atoms with Gasteiger partial charge in [0.2, 0.25) is 0 Å². The summed E-state index contributed by atoms with van der Waals surface area (Å²) in [6.45, 7) is 2.04. The van der Waals surface area contributed by atoms with Crippen molar-refractivity contribution >= 4 is 29.2 Å². The van der Waals surface area contributed by atoms with Gasteiger partial charge < -0.3 is 5.73 Å². The second-order valence-electron chi connectivity index (χ2n) is 2.13. The number of nitrogens with zero attached hydrogens (tertiary/aromatic N) is 2. The molecule has 12 heavy (non-hydrogen) atoms. The summed E-state index contributed by atoms with van der Waals surface area (Å²) in [5.41, 5.74) is 6.40. The first-order valence-corrected chi connectivity index (χ1v) is 5.10. The van der Waals surface area contributed by atoms with Crippen LogP contribution in [0.2, 0.25) is 0 Å². The Kier molecular flexibility index (Phi) is 3.62. The maximum Gasteiger partial charge on any atom is 0.189 e. The molecule has 0 aliphatic carbocycles. The van der Waals surface area contributed by atoms with Crippen molar-refractivity contribution in [2.45, 2.75) is 18.0 Å². The number of hydrogen-bond donors (Lipinski definition) is 1. The Morgan fingerprint density at radius 1 is 1.67 bits per heavy atom. The van der Waals surface area contributed by atoms with Gasteiger partial charge in [-0.05, 0) is 5.75 Å². The highest BCUT2D eigenvalue weighted by Gasteiger charge is 2.01. The molecule has 0 saturated heterocycles. The van der Waals surface area contributed by atoms with E-state index in [1.54, 1.807) is 18.0 Å². The van der Waals surface area contributed by atoms with E-state index in [-0.39, 0.29) is 0 Å². The Morgan fingerprint density at radius 2 is 2.42 bits per heavy atom. The number of aromatic nitrogens is 2. The molecule has 66 valence electrons. The molecule has 0 amide bonds. The molecule has 0 bridgehead atoms. The van der Waals surface area contributed by atoms with Crippen molar-refractivity contribution < 1.29 is 0 Å². The summed E-state index contributed by atoms with van der Waals surface area (Å²) in [7, 11) is 0. The van der Waals surface area contributed by atoms with E-state index < -0.39 is 0 Å². The van der Waals surface area contributed by atoms with Crippen LogP contribution in [0.1, 0.15) is 12.5 Å². The average Bonchev–Trinajstić information content (AvgIpc) is 2.05. The van der Waals surface area contributed by atoms with Crippen molar-refractivity contribution in [1.29, 1.82) is 0 Å². The minimum absolute atomic E-state index is 0.364. The molecule has 0 aliphatic rings. The molecule has 2 N–H and O–H groups in total. The SMILES string of the molecule is CCSc1ncc(CCl)c(N)n1. The van der Waals surface area contributed by atoms with E-state index in [0.29, 0.717) is 16.9 Å². The summed E-state index contributed by atoms with van der Waals surface area (Å²) in [5, 5.41) is 0.712. The second kappa shape index (κ2) is 4.52. The highest BCUT2D eigenvalue weighted by atomic mass is 35.5. The zero-order valence-corrected chi connectivity index (χ0v) is 8.32. The number of rotatable bonds is 3. The van der Waals surface area contributed by atoms with Crippen LogP contribution in [-0.4, -0.2) is 15.7 Å². The molecule has 0 radical (unpaired) electrons. The molecule has 1 heterocycles. The van der Waals surface area contributed by atoms with Gasteiger partial charge in [-0.3, -0.25) is 0 Å². The smallest absolute Gasteiger partial charge is 0.189 e. The van der Waals surface area contributed by atoms with E-state index in [1.807, 2.05) is 6.92 Å². The van der Waals surface area contributed by atoms with Crippen LogP contribution in [0.15, 0.2) is 11.4 Å². The predicted octanol–water partition coefficient (Wildman–Crippen LogP) is 1.91. The monoisotopic (exact) mass is 203 g/mol. The lowest BCUT2D eigenvalue weighted by Crippen LogP contribution is -1.99. The lowest BCUT2D eigenvalue weighted by atomic mass is 10.4. The van der Waals surface area contributed by atoms with Crippen molar-refractivity contribution in [3.63, 3.8) is 0 Å². The third kappa shape index (κ3) is 2.25. The average molecular weight is 204 g/mol. The lowest BCUT2D eigenvalue weighted by Gasteiger charge is -2.01. The molecular weight excluding hydrogens is 194 g/mol. The van der Waals surface area contributed by atoms with Gasteiger partial charge in [0, 0.05) is 11.8 Å². The highest BCUT2D eigenvalue weighted by molar-refractivity contribution is 7.99. The van der Waals surface area contributed by atoms with Crippen LogP contribution in [0, 0.1) is 0 Å². The van der Waals surface area contributed by atoms with Crippen molar-refractivity contribution in [2.24, 2.45) is 0 Å². The number of nitrogen functional groups attached to an aromatic ring is 1. The maximum atomic E-state index is 5.61. The summed E-state index contributed by atoms with van der Waals surface area (Å²) in [6, 6.07) is 0. The van der Waals surface area contributed by atoms with Crippen LogP contribution in [0.5, 0.6) is 0 Å². The van der Waals surface area contributed by atoms with Gasteiger partial charge in [-0.15, -0.1) is 11.6 Å². The van der Waals surface area contributed by atoms with E-state index >= 15 is 0 Å². The van der Waals surface area contributed by atoms with Crippen LogP contribution < -0.4 is 5.73 Å². The third-order valence-electron chi connectivity index (χ3n) is 1.29. The number of hydrogen-bond acceptors (Lipinski definition) is 4. The molecule has 0 saturated carbocycles. The number of halogens is 1. The third-order valence-corrected chi connectivity index (χ3v) is 2.32. The summed E-state index contributed by atoms with van der Waals surface area (Å²) < 4.78 is 0. The number of alkyl halides is 1. The highest BCUT2D eigenvalue weighted by Crippen LogP contribution is 2.16. The van der Waals surface area contributed by atoms with Crippen LogP contribution in [-0.2, 0) is 5.88 Å². The second-order valence-corrected chi connectivity index (χ2v) is 3.63. The zero-order chi connectivity index (χ0) is 8.97. The molecule has 0 unspecified atom stereocenters. The molecule has 3 nitrogen and oxygen atoms in total. The van der Waals surface area contributed by atoms with E-state index in [2.05, 4.69) is 9.97 Å². The normalized spacial score (nSPS) is 10.2. The van der Waals surface area contributed by atoms with Crippen LogP contribution in [0.25, 0.3) is 0 Å². The van der Waals surface area contributed by atoms with Gasteiger partial charge >= 0.3 is 0 Å². The molecule has 1 aromatic rings. The quantitative estimate of drug-likeness (QED) is 0.463. The van der Waals surface area contributed by atoms with Gasteiger partial charge in [-0.2, -0.15) is 0 Å². The minimum atomic E-state index is 0.364. The Hall–Kier alpha value is -0.480. The Morgan fingerprint density at radius 3 is 2.92 bits per heavy atom. The van der Waals surface area contributed by atoms with Gasteiger partial charge in [0.15, 0.2) is 5.16 Å². The van der Waals surface area contributed by atoms with E-state index in [4.69, 9.17) is 17.3 Å². The van der Waals surface area contributed by atoms with E-state index in [0.717, 1.165) is 11.3 Å². The number of anilines is 1. The molecule has 0 aliphatic heterocycles. The molecule has 5 heteroatoms. The maximum absolute atomic E-state index is 5.61. The van der Waals surface area contributed by atoms with Gasteiger partial charge in [-0.1, -0.05) is 18.7 Å². The molecule has 1 aromatic heterocycles. The van der Waals surface area contributed by atoms with Crippen LogP contribution >= 0.6 is 23.4 Å².